The van der Waals surface area contributed by atoms with E-state index in [-0.39, 0.29) is 11.8 Å². The van der Waals surface area contributed by atoms with Crippen LogP contribution < -0.4 is 0 Å². The van der Waals surface area contributed by atoms with E-state index in [9.17, 15) is 9.59 Å². The van der Waals surface area contributed by atoms with Gasteiger partial charge in [-0.3, -0.25) is 19.4 Å². The van der Waals surface area contributed by atoms with Gasteiger partial charge in [-0.25, -0.2) is 0 Å². The predicted octanol–water partition coefficient (Wildman–Crippen LogP) is 4.33. The fraction of sp³-hybridized carbons (Fsp3) is 0.458. The number of carbonyl (C=O) groups is 2. The van der Waals surface area contributed by atoms with Gasteiger partial charge in [0.1, 0.15) is 0 Å². The summed E-state index contributed by atoms with van der Waals surface area (Å²) in [7, 11) is 0. The van der Waals surface area contributed by atoms with Crippen molar-refractivity contribution in [2.45, 2.75) is 57.9 Å². The van der Waals surface area contributed by atoms with Crippen molar-refractivity contribution in [3.63, 3.8) is 0 Å². The lowest BCUT2D eigenvalue weighted by atomic mass is 10.0. The lowest BCUT2D eigenvalue weighted by molar-refractivity contribution is -0.142. The normalized spacial score (nSPS) is 20.2. The van der Waals surface area contributed by atoms with E-state index in [1.165, 1.54) is 10.5 Å². The number of nitriles is 1. The van der Waals surface area contributed by atoms with Gasteiger partial charge >= 0.3 is 0 Å². The summed E-state index contributed by atoms with van der Waals surface area (Å²) in [5, 5.41) is 9.02. The molecule has 0 saturated carbocycles. The predicted molar refractivity (Wildman–Crippen MR) is 112 cm³/mol. The van der Waals surface area contributed by atoms with Crippen molar-refractivity contribution in [2.24, 2.45) is 0 Å². The molecular formula is C24H29N3O2. The van der Waals surface area contributed by atoms with Crippen LogP contribution in [0.3, 0.4) is 0 Å². The first-order valence-corrected chi connectivity index (χ1v) is 10.6. The summed E-state index contributed by atoms with van der Waals surface area (Å²) in [4.78, 5) is 29.5. The largest absolute Gasteiger partial charge is 0.299 e. The molecule has 29 heavy (non-hydrogen) atoms. The Bertz CT molecular complexity index is 796. The molecule has 0 N–H and O–H groups in total. The molecule has 1 fully saturated rings. The lowest BCUT2D eigenvalue weighted by Crippen LogP contribution is -2.37. The quantitative estimate of drug-likeness (QED) is 0.720. The maximum atomic E-state index is 12.8. The number of hydrogen-bond acceptors (Lipinski definition) is 4. The fourth-order valence-corrected chi connectivity index (χ4v) is 3.92. The molecule has 5 nitrogen and oxygen atoms in total. The third-order valence-electron chi connectivity index (χ3n) is 5.54. The minimum Gasteiger partial charge on any atom is -0.299 e. The molecule has 1 saturated heterocycles. The van der Waals surface area contributed by atoms with Crippen LogP contribution in [0.2, 0.25) is 0 Å². The summed E-state index contributed by atoms with van der Waals surface area (Å²) in [6.07, 6.45) is 8.88. The molecule has 1 aromatic carbocycles. The molecule has 3 rings (SSSR count). The molecule has 0 aromatic heterocycles. The Labute approximate surface area is 173 Å². The molecule has 0 unspecified atom stereocenters. The molecule has 1 heterocycles. The van der Waals surface area contributed by atoms with Gasteiger partial charge in [-0.15, -0.1) is 0 Å². The Kier molecular flexibility index (Phi) is 7.77. The van der Waals surface area contributed by atoms with Crippen LogP contribution >= 0.6 is 0 Å². The molecule has 1 aromatic rings. The van der Waals surface area contributed by atoms with Crippen LogP contribution in [0, 0.1) is 11.3 Å². The summed E-state index contributed by atoms with van der Waals surface area (Å²) in [6.45, 7) is 2.84. The molecule has 2 aliphatic rings. The first-order valence-electron chi connectivity index (χ1n) is 10.6. The highest BCUT2D eigenvalue weighted by atomic mass is 16.2. The topological polar surface area (TPSA) is 64.4 Å². The van der Waals surface area contributed by atoms with Crippen LogP contribution in [0.1, 0.15) is 56.9 Å². The molecule has 0 bridgehead atoms. The molecular weight excluding hydrogens is 362 g/mol. The summed E-state index contributed by atoms with van der Waals surface area (Å²) in [5.74, 6) is -0.213. The SMILES string of the molecule is N#CC1=CC=C(N2C(=O)CCCCN(Cc3ccccc3)CCCCC2=O)CC1. The highest BCUT2D eigenvalue weighted by molar-refractivity contribution is 5.97. The van der Waals surface area contributed by atoms with Crippen molar-refractivity contribution < 1.29 is 9.59 Å². The van der Waals surface area contributed by atoms with Gasteiger partial charge in [0.05, 0.1) is 6.07 Å². The molecule has 152 valence electrons. The van der Waals surface area contributed by atoms with Crippen LogP contribution in [-0.2, 0) is 16.1 Å². The zero-order valence-electron chi connectivity index (χ0n) is 17.0. The van der Waals surface area contributed by atoms with E-state index in [1.807, 2.05) is 6.07 Å². The van der Waals surface area contributed by atoms with Crippen LogP contribution in [0.15, 0.2) is 53.8 Å². The molecule has 0 spiro atoms. The molecule has 1 aliphatic heterocycles. The van der Waals surface area contributed by atoms with Crippen molar-refractivity contribution >= 4 is 11.8 Å². The smallest absolute Gasteiger partial charge is 0.233 e. The third kappa shape index (κ3) is 6.13. The summed E-state index contributed by atoms with van der Waals surface area (Å²) in [5.41, 5.74) is 2.73. The Hall–Kier alpha value is -2.71. The first-order chi connectivity index (χ1) is 14.2. The van der Waals surface area contributed by atoms with Gasteiger partial charge in [0.2, 0.25) is 11.8 Å². The number of nitrogens with zero attached hydrogens (tertiary/aromatic N) is 3. The van der Waals surface area contributed by atoms with E-state index < -0.39 is 0 Å². The van der Waals surface area contributed by atoms with Crippen molar-refractivity contribution in [3.8, 4) is 6.07 Å². The third-order valence-corrected chi connectivity index (χ3v) is 5.54. The fourth-order valence-electron chi connectivity index (χ4n) is 3.92. The van der Waals surface area contributed by atoms with E-state index in [4.69, 9.17) is 5.26 Å². The van der Waals surface area contributed by atoms with Crippen molar-refractivity contribution in [1.82, 2.24) is 9.80 Å². The number of carbonyl (C=O) groups excluding carboxylic acids is 2. The van der Waals surface area contributed by atoms with Gasteiger partial charge in [0, 0.05) is 30.7 Å². The van der Waals surface area contributed by atoms with Crippen LogP contribution in [0.25, 0.3) is 0 Å². The van der Waals surface area contributed by atoms with E-state index >= 15 is 0 Å². The zero-order valence-corrected chi connectivity index (χ0v) is 17.0. The summed E-state index contributed by atoms with van der Waals surface area (Å²) >= 11 is 0. The molecule has 5 heteroatoms. The average molecular weight is 392 g/mol. The summed E-state index contributed by atoms with van der Waals surface area (Å²) in [6, 6.07) is 12.6. The van der Waals surface area contributed by atoms with Gasteiger partial charge in [-0.2, -0.15) is 5.26 Å². The van der Waals surface area contributed by atoms with Gasteiger partial charge in [-0.1, -0.05) is 30.3 Å². The van der Waals surface area contributed by atoms with Crippen molar-refractivity contribution in [2.75, 3.05) is 13.1 Å². The van der Waals surface area contributed by atoms with Crippen molar-refractivity contribution in [1.29, 1.82) is 5.26 Å². The van der Waals surface area contributed by atoms with Gasteiger partial charge < -0.3 is 0 Å². The second-order valence-electron chi connectivity index (χ2n) is 7.76. The number of imide groups is 1. The minimum absolute atomic E-state index is 0.106. The Morgan fingerprint density at radius 2 is 1.48 bits per heavy atom. The molecule has 0 atom stereocenters. The Balaban J connectivity index is 1.63. The monoisotopic (exact) mass is 391 g/mol. The molecule has 2 amide bonds. The highest BCUT2D eigenvalue weighted by Crippen LogP contribution is 2.24. The van der Waals surface area contributed by atoms with Crippen LogP contribution in [0.4, 0.5) is 0 Å². The second kappa shape index (κ2) is 10.7. The molecule has 0 radical (unpaired) electrons. The van der Waals surface area contributed by atoms with Gasteiger partial charge in [0.15, 0.2) is 0 Å². The summed E-state index contributed by atoms with van der Waals surface area (Å²) < 4.78 is 0. The van der Waals surface area contributed by atoms with E-state index in [0.29, 0.717) is 31.3 Å². The standard InChI is InChI=1S/C24H29N3O2/c25-18-20-12-14-22(15-13-20)27-23(28)10-4-6-16-26(17-7-5-11-24(27)29)19-21-8-2-1-3-9-21/h1-3,8-9,12,14H,4-7,10-11,13,15-17,19H2. The minimum atomic E-state index is -0.106. The van der Waals surface area contributed by atoms with Crippen molar-refractivity contribution in [3.05, 3.63) is 59.3 Å². The van der Waals surface area contributed by atoms with E-state index in [1.54, 1.807) is 12.2 Å². The maximum absolute atomic E-state index is 12.8. The first kappa shape index (κ1) is 21.0. The van der Waals surface area contributed by atoms with E-state index in [0.717, 1.165) is 51.0 Å². The Morgan fingerprint density at radius 3 is 2.03 bits per heavy atom. The van der Waals surface area contributed by atoms with Crippen LogP contribution in [-0.4, -0.2) is 34.7 Å². The molecule has 1 aliphatic carbocycles. The number of rotatable bonds is 3. The Morgan fingerprint density at radius 1 is 0.828 bits per heavy atom. The lowest BCUT2D eigenvalue weighted by Gasteiger charge is -2.27. The second-order valence-corrected chi connectivity index (χ2v) is 7.76. The zero-order chi connectivity index (χ0) is 20.5. The maximum Gasteiger partial charge on any atom is 0.233 e. The number of amides is 2. The van der Waals surface area contributed by atoms with Crippen LogP contribution in [0.5, 0.6) is 0 Å². The average Bonchev–Trinajstić information content (AvgIpc) is 2.74. The highest BCUT2D eigenvalue weighted by Gasteiger charge is 2.26. The number of benzene rings is 1. The van der Waals surface area contributed by atoms with E-state index in [2.05, 4.69) is 35.2 Å². The number of hydrogen-bond donors (Lipinski definition) is 0. The number of allylic oxidation sites excluding steroid dienone is 4. The van der Waals surface area contributed by atoms with Gasteiger partial charge in [-0.05, 0) is 69.3 Å². The van der Waals surface area contributed by atoms with Gasteiger partial charge in [0.25, 0.3) is 0 Å².